The quantitative estimate of drug-likeness (QED) is 0.659. The van der Waals surface area contributed by atoms with Gasteiger partial charge in [0.2, 0.25) is 5.88 Å². The normalized spacial score (nSPS) is 16.8. The van der Waals surface area contributed by atoms with Crippen LogP contribution in [0.25, 0.3) is 5.69 Å². The predicted octanol–water partition coefficient (Wildman–Crippen LogP) is 4.18. The number of pyridine rings is 1. The maximum absolute atomic E-state index is 12.8. The minimum absolute atomic E-state index is 0.0878. The summed E-state index contributed by atoms with van der Waals surface area (Å²) in [5, 5.41) is 0. The van der Waals surface area contributed by atoms with Crippen LogP contribution >= 0.6 is 0 Å². The molecule has 0 radical (unpaired) electrons. The van der Waals surface area contributed by atoms with E-state index in [0.717, 1.165) is 24.0 Å². The highest BCUT2D eigenvalue weighted by atomic mass is 19.4. The van der Waals surface area contributed by atoms with Crippen LogP contribution in [0, 0.1) is 0 Å². The highest BCUT2D eigenvalue weighted by molar-refractivity contribution is 5.94. The summed E-state index contributed by atoms with van der Waals surface area (Å²) in [6.07, 6.45) is 0.593. The number of nitrogens with zero attached hydrogens (tertiary/aromatic N) is 3. The van der Waals surface area contributed by atoms with Gasteiger partial charge in [0, 0.05) is 48.9 Å². The van der Waals surface area contributed by atoms with Crippen molar-refractivity contribution in [2.45, 2.75) is 18.7 Å². The van der Waals surface area contributed by atoms with Crippen LogP contribution in [0.15, 0.2) is 67.1 Å². The second-order valence-corrected chi connectivity index (χ2v) is 6.80. The summed E-state index contributed by atoms with van der Waals surface area (Å²) < 4.78 is 46.0. The molecule has 0 aliphatic carbocycles. The lowest BCUT2D eigenvalue weighted by Crippen LogP contribution is -2.31. The largest absolute Gasteiger partial charge is 0.472 e. The Hall–Kier alpha value is -3.29. The first-order valence-corrected chi connectivity index (χ1v) is 9.13. The van der Waals surface area contributed by atoms with Gasteiger partial charge in [-0.05, 0) is 42.5 Å². The van der Waals surface area contributed by atoms with Gasteiger partial charge in [-0.25, -0.2) is 4.98 Å². The van der Waals surface area contributed by atoms with Crippen LogP contribution in [0.1, 0.15) is 22.3 Å². The minimum Gasteiger partial charge on any atom is -0.472 e. The summed E-state index contributed by atoms with van der Waals surface area (Å²) in [4.78, 5) is 18.2. The molecule has 1 aliphatic rings. The fraction of sp³-hybridized carbons (Fsp3) is 0.238. The van der Waals surface area contributed by atoms with Crippen molar-refractivity contribution < 1.29 is 22.7 Å². The zero-order valence-electron chi connectivity index (χ0n) is 15.3. The topological polar surface area (TPSA) is 47.4 Å². The highest BCUT2D eigenvalue weighted by Crippen LogP contribution is 2.31. The van der Waals surface area contributed by atoms with Crippen LogP contribution < -0.4 is 4.74 Å². The fourth-order valence-corrected chi connectivity index (χ4v) is 3.30. The van der Waals surface area contributed by atoms with Crippen LogP contribution in [0.3, 0.4) is 0 Å². The van der Waals surface area contributed by atoms with E-state index in [1.807, 2.05) is 41.2 Å². The third-order valence-electron chi connectivity index (χ3n) is 4.80. The van der Waals surface area contributed by atoms with Gasteiger partial charge >= 0.3 is 6.18 Å². The molecule has 2 aromatic heterocycles. The highest BCUT2D eigenvalue weighted by Gasteiger charge is 2.32. The number of halogens is 3. The lowest BCUT2D eigenvalue weighted by atomic mass is 10.2. The summed E-state index contributed by atoms with van der Waals surface area (Å²) in [5.41, 5.74) is 0.694. The summed E-state index contributed by atoms with van der Waals surface area (Å²) in [5.74, 6) is -0.220. The molecule has 1 fully saturated rings. The molecule has 1 saturated heterocycles. The van der Waals surface area contributed by atoms with Gasteiger partial charge in [0.1, 0.15) is 6.10 Å². The van der Waals surface area contributed by atoms with E-state index in [2.05, 4.69) is 4.98 Å². The summed E-state index contributed by atoms with van der Waals surface area (Å²) in [6, 6.07) is 12.9. The van der Waals surface area contributed by atoms with E-state index >= 15 is 0 Å². The smallest absolute Gasteiger partial charge is 0.416 e. The van der Waals surface area contributed by atoms with Crippen LogP contribution in [0.2, 0.25) is 0 Å². The Labute approximate surface area is 165 Å². The number of benzene rings is 1. The van der Waals surface area contributed by atoms with Crippen molar-refractivity contribution in [1.29, 1.82) is 0 Å². The van der Waals surface area contributed by atoms with E-state index in [1.54, 1.807) is 17.0 Å². The molecule has 3 aromatic rings. The Balaban J connectivity index is 1.39. The molecule has 29 heavy (non-hydrogen) atoms. The number of ether oxygens (including phenoxy) is 1. The number of carbonyl (C=O) groups is 1. The molecule has 5 nitrogen and oxygen atoms in total. The van der Waals surface area contributed by atoms with Crippen LogP contribution in [0.5, 0.6) is 5.88 Å². The summed E-state index contributed by atoms with van der Waals surface area (Å²) in [6.45, 7) is 0.776. The number of aromatic nitrogens is 2. The number of amides is 1. The molecule has 8 heteroatoms. The van der Waals surface area contributed by atoms with Crippen LogP contribution in [-0.2, 0) is 6.18 Å². The predicted molar refractivity (Wildman–Crippen MR) is 99.9 cm³/mol. The first kappa shape index (κ1) is 19.0. The molecule has 1 aromatic carbocycles. The molecule has 1 amide bonds. The van der Waals surface area contributed by atoms with Crippen molar-refractivity contribution in [3.63, 3.8) is 0 Å². The lowest BCUT2D eigenvalue weighted by Gasteiger charge is -2.17. The van der Waals surface area contributed by atoms with Crippen molar-refractivity contribution in [3.05, 3.63) is 78.2 Å². The average molecular weight is 401 g/mol. The zero-order chi connectivity index (χ0) is 20.4. The maximum Gasteiger partial charge on any atom is 0.416 e. The van der Waals surface area contributed by atoms with E-state index < -0.39 is 17.8 Å². The third kappa shape index (κ3) is 4.26. The summed E-state index contributed by atoms with van der Waals surface area (Å²) >= 11 is 0. The van der Waals surface area contributed by atoms with Gasteiger partial charge in [0.15, 0.2) is 0 Å². The van der Waals surface area contributed by atoms with E-state index in [0.29, 0.717) is 25.1 Å². The van der Waals surface area contributed by atoms with E-state index in [9.17, 15) is 18.0 Å². The van der Waals surface area contributed by atoms with E-state index in [4.69, 9.17) is 4.74 Å². The molecule has 0 spiro atoms. The molecule has 1 unspecified atom stereocenters. The van der Waals surface area contributed by atoms with Crippen molar-refractivity contribution in [2.24, 2.45) is 0 Å². The van der Waals surface area contributed by atoms with E-state index in [-0.39, 0.29) is 11.8 Å². The van der Waals surface area contributed by atoms with E-state index in [1.165, 1.54) is 0 Å². The third-order valence-corrected chi connectivity index (χ3v) is 4.80. The second-order valence-electron chi connectivity index (χ2n) is 6.80. The standard InChI is InChI=1S/C21H18F3N3O2/c22-21(23,24)16-7-9-25-19(13-16)29-18-8-12-27(14-18)20(28)15-3-5-17(6-4-15)26-10-1-2-11-26/h1-7,9-11,13,18H,8,12,14H2. The SMILES string of the molecule is O=C(c1ccc(-n2cccc2)cc1)N1CCC(Oc2cc(C(F)(F)F)ccn2)C1. The van der Waals surface area contributed by atoms with Crippen LogP contribution in [-0.4, -0.2) is 39.6 Å². The number of hydrogen-bond donors (Lipinski definition) is 0. The average Bonchev–Trinajstić information content (AvgIpc) is 3.39. The van der Waals surface area contributed by atoms with Gasteiger partial charge < -0.3 is 14.2 Å². The maximum atomic E-state index is 12.8. The monoisotopic (exact) mass is 401 g/mol. The Morgan fingerprint density at radius 1 is 1.10 bits per heavy atom. The second kappa shape index (κ2) is 7.62. The molecule has 1 aliphatic heterocycles. The Bertz CT molecular complexity index is 985. The number of hydrogen-bond acceptors (Lipinski definition) is 3. The number of carbonyl (C=O) groups excluding carboxylic acids is 1. The molecule has 150 valence electrons. The van der Waals surface area contributed by atoms with Gasteiger partial charge in [-0.3, -0.25) is 4.79 Å². The zero-order valence-corrected chi connectivity index (χ0v) is 15.3. The van der Waals surface area contributed by atoms with Crippen molar-refractivity contribution in [1.82, 2.24) is 14.5 Å². The molecule has 4 rings (SSSR count). The van der Waals surface area contributed by atoms with Gasteiger partial charge in [-0.2, -0.15) is 13.2 Å². The van der Waals surface area contributed by atoms with Gasteiger partial charge in [-0.15, -0.1) is 0 Å². The molecule has 1 atom stereocenters. The fourth-order valence-electron chi connectivity index (χ4n) is 3.30. The van der Waals surface area contributed by atoms with Gasteiger partial charge in [-0.1, -0.05) is 0 Å². The van der Waals surface area contributed by atoms with Crippen molar-refractivity contribution >= 4 is 5.91 Å². The molecule has 3 heterocycles. The molecular weight excluding hydrogens is 383 g/mol. The van der Waals surface area contributed by atoms with Crippen molar-refractivity contribution in [2.75, 3.05) is 13.1 Å². The molecule has 0 bridgehead atoms. The van der Waals surface area contributed by atoms with Crippen LogP contribution in [0.4, 0.5) is 13.2 Å². The van der Waals surface area contributed by atoms with Crippen molar-refractivity contribution in [3.8, 4) is 11.6 Å². The molecule has 0 saturated carbocycles. The molecular formula is C21H18F3N3O2. The minimum atomic E-state index is -4.45. The summed E-state index contributed by atoms with van der Waals surface area (Å²) in [7, 11) is 0. The number of alkyl halides is 3. The first-order chi connectivity index (χ1) is 13.9. The first-order valence-electron chi connectivity index (χ1n) is 9.13. The Kier molecular flexibility index (Phi) is 5.00. The van der Waals surface area contributed by atoms with Gasteiger partial charge in [0.25, 0.3) is 5.91 Å². The molecule has 0 N–H and O–H groups in total. The van der Waals surface area contributed by atoms with Gasteiger partial charge in [0.05, 0.1) is 12.1 Å². The Morgan fingerprint density at radius 2 is 1.83 bits per heavy atom. The number of likely N-dealkylation sites (tertiary alicyclic amines) is 1. The Morgan fingerprint density at radius 3 is 2.52 bits per heavy atom. The number of rotatable bonds is 4. The lowest BCUT2D eigenvalue weighted by molar-refractivity contribution is -0.137.